The summed E-state index contributed by atoms with van der Waals surface area (Å²) in [6.07, 6.45) is 0.904. The van der Waals surface area contributed by atoms with Gasteiger partial charge in [-0.2, -0.15) is 0 Å². The normalized spacial score (nSPS) is 10.9. The number of aryl methyl sites for hydroxylation is 1. The fourth-order valence-corrected chi connectivity index (χ4v) is 4.10. The zero-order valence-electron chi connectivity index (χ0n) is 18.0. The number of anilines is 2. The second kappa shape index (κ2) is 11.4. The zero-order valence-corrected chi connectivity index (χ0v) is 18.8. The molecule has 9 heteroatoms. The van der Waals surface area contributed by atoms with Crippen molar-refractivity contribution >= 4 is 33.2 Å². The van der Waals surface area contributed by atoms with Crippen molar-refractivity contribution in [3.63, 3.8) is 0 Å². The third-order valence-corrected chi connectivity index (χ3v) is 5.85. The Morgan fingerprint density at radius 3 is 2.23 bits per heavy atom. The second-order valence-electron chi connectivity index (χ2n) is 6.94. The van der Waals surface area contributed by atoms with Gasteiger partial charge in [0.05, 0.1) is 11.5 Å². The number of sulfonamides is 1. The molecule has 0 heterocycles. The first kappa shape index (κ1) is 24.2. The molecule has 0 radical (unpaired) electrons. The molecule has 2 rings (SSSR count). The highest BCUT2D eigenvalue weighted by Crippen LogP contribution is 2.24. The van der Waals surface area contributed by atoms with Gasteiger partial charge in [-0.05, 0) is 62.2 Å². The van der Waals surface area contributed by atoms with Crippen LogP contribution in [0.15, 0.2) is 47.4 Å². The summed E-state index contributed by atoms with van der Waals surface area (Å²) in [5.41, 5.74) is 1.28. The Morgan fingerprint density at radius 2 is 1.58 bits per heavy atom. The number of carbonyl (C=O) groups excluding carboxylic acids is 2. The molecule has 3 N–H and O–H groups in total. The van der Waals surface area contributed by atoms with E-state index in [1.54, 1.807) is 43.3 Å². The smallest absolute Gasteiger partial charge is 0.262 e. The first-order valence-electron chi connectivity index (χ1n) is 10.2. The van der Waals surface area contributed by atoms with Gasteiger partial charge in [0.2, 0.25) is 11.8 Å². The van der Waals surface area contributed by atoms with Gasteiger partial charge >= 0.3 is 0 Å². The Kier molecular flexibility index (Phi) is 8.87. The molecule has 0 spiro atoms. The van der Waals surface area contributed by atoms with Gasteiger partial charge in [-0.3, -0.25) is 14.3 Å². The van der Waals surface area contributed by atoms with E-state index in [1.165, 1.54) is 6.07 Å². The molecule has 2 aromatic rings. The highest BCUT2D eigenvalue weighted by molar-refractivity contribution is 7.92. The summed E-state index contributed by atoms with van der Waals surface area (Å²) in [6, 6.07) is 11.3. The first-order chi connectivity index (χ1) is 14.7. The Balaban J connectivity index is 2.06. The molecule has 2 amide bonds. The lowest BCUT2D eigenvalue weighted by molar-refractivity contribution is -0.124. The minimum absolute atomic E-state index is 0.00986. The number of ether oxygens (including phenoxy) is 1. The van der Waals surface area contributed by atoms with Gasteiger partial charge in [-0.15, -0.1) is 0 Å². The molecular formula is C22H29N3O5S. The molecule has 0 saturated carbocycles. The van der Waals surface area contributed by atoms with Crippen LogP contribution in [0.1, 0.15) is 38.7 Å². The van der Waals surface area contributed by atoms with Crippen LogP contribution in [0.2, 0.25) is 0 Å². The number of benzene rings is 2. The van der Waals surface area contributed by atoms with Crippen LogP contribution < -0.4 is 20.1 Å². The maximum absolute atomic E-state index is 12.9. The molecule has 0 aliphatic heterocycles. The molecule has 0 fully saturated rings. The highest BCUT2D eigenvalue weighted by atomic mass is 32.2. The average molecular weight is 448 g/mol. The standard InChI is InChI=1S/C22H29N3O5S/c1-4-14-23-21(26)12-13-22(27)24-18-7-6-16(3)20(15-18)31(28,29)25-17-8-10-19(11-9-17)30-5-2/h6-11,15,25H,4-5,12-14H2,1-3H3,(H,23,26)(H,24,27). The van der Waals surface area contributed by atoms with E-state index in [9.17, 15) is 18.0 Å². The molecule has 31 heavy (non-hydrogen) atoms. The van der Waals surface area contributed by atoms with Crippen molar-refractivity contribution in [2.24, 2.45) is 0 Å². The predicted octanol–water partition coefficient (Wildman–Crippen LogP) is 3.44. The van der Waals surface area contributed by atoms with Gasteiger partial charge in [0.25, 0.3) is 10.0 Å². The third-order valence-electron chi connectivity index (χ3n) is 4.33. The SMILES string of the molecule is CCCNC(=O)CCC(=O)Nc1ccc(C)c(S(=O)(=O)Nc2ccc(OCC)cc2)c1. The van der Waals surface area contributed by atoms with Crippen molar-refractivity contribution in [3.8, 4) is 5.75 Å². The van der Waals surface area contributed by atoms with E-state index in [4.69, 9.17) is 4.74 Å². The Morgan fingerprint density at radius 1 is 0.935 bits per heavy atom. The van der Waals surface area contributed by atoms with Crippen LogP contribution in [0.25, 0.3) is 0 Å². The predicted molar refractivity (Wildman–Crippen MR) is 121 cm³/mol. The van der Waals surface area contributed by atoms with E-state index in [2.05, 4.69) is 15.4 Å². The van der Waals surface area contributed by atoms with Gasteiger partial charge in [-0.25, -0.2) is 8.42 Å². The summed E-state index contributed by atoms with van der Waals surface area (Å²) in [5.74, 6) is 0.0942. The number of rotatable bonds is 11. The molecule has 0 aromatic heterocycles. The molecule has 2 aromatic carbocycles. The van der Waals surface area contributed by atoms with Crippen molar-refractivity contribution in [1.82, 2.24) is 5.32 Å². The fraction of sp³-hybridized carbons (Fsp3) is 0.364. The maximum Gasteiger partial charge on any atom is 0.262 e. The minimum Gasteiger partial charge on any atom is -0.494 e. The van der Waals surface area contributed by atoms with Crippen molar-refractivity contribution in [2.75, 3.05) is 23.2 Å². The van der Waals surface area contributed by atoms with Gasteiger partial charge in [-0.1, -0.05) is 13.0 Å². The summed E-state index contributed by atoms with van der Waals surface area (Å²) in [5, 5.41) is 5.36. The summed E-state index contributed by atoms with van der Waals surface area (Å²) >= 11 is 0. The van der Waals surface area contributed by atoms with Crippen LogP contribution in [0.5, 0.6) is 5.75 Å². The molecule has 0 unspecified atom stereocenters. The van der Waals surface area contributed by atoms with Crippen molar-refractivity contribution in [1.29, 1.82) is 0 Å². The van der Waals surface area contributed by atoms with Crippen molar-refractivity contribution < 1.29 is 22.7 Å². The van der Waals surface area contributed by atoms with Crippen molar-refractivity contribution in [2.45, 2.75) is 44.9 Å². The zero-order chi connectivity index (χ0) is 22.9. The Hall–Kier alpha value is -3.07. The molecular weight excluding hydrogens is 418 g/mol. The summed E-state index contributed by atoms with van der Waals surface area (Å²) in [6.45, 7) is 6.58. The lowest BCUT2D eigenvalue weighted by Crippen LogP contribution is -2.25. The average Bonchev–Trinajstić information content (AvgIpc) is 2.73. The molecule has 0 saturated heterocycles. The van der Waals surface area contributed by atoms with Crippen LogP contribution in [-0.4, -0.2) is 33.4 Å². The van der Waals surface area contributed by atoms with Crippen LogP contribution in [-0.2, 0) is 19.6 Å². The number of amides is 2. The summed E-state index contributed by atoms with van der Waals surface area (Å²) < 4.78 is 33.7. The third kappa shape index (κ3) is 7.60. The lowest BCUT2D eigenvalue weighted by atomic mass is 10.2. The molecule has 168 valence electrons. The monoisotopic (exact) mass is 447 g/mol. The number of hydrogen-bond donors (Lipinski definition) is 3. The van der Waals surface area contributed by atoms with Crippen LogP contribution >= 0.6 is 0 Å². The van der Waals surface area contributed by atoms with Gasteiger partial charge in [0.15, 0.2) is 0 Å². The number of hydrogen-bond acceptors (Lipinski definition) is 5. The van der Waals surface area contributed by atoms with E-state index in [0.29, 0.717) is 35.8 Å². The maximum atomic E-state index is 12.9. The van der Waals surface area contributed by atoms with Gasteiger partial charge in [0.1, 0.15) is 5.75 Å². The van der Waals surface area contributed by atoms with Crippen LogP contribution in [0.3, 0.4) is 0 Å². The highest BCUT2D eigenvalue weighted by Gasteiger charge is 2.18. The summed E-state index contributed by atoms with van der Waals surface area (Å²) in [7, 11) is -3.87. The van der Waals surface area contributed by atoms with Gasteiger partial charge in [0, 0.05) is 30.8 Å². The molecule has 0 atom stereocenters. The molecule has 0 aliphatic carbocycles. The van der Waals surface area contributed by atoms with Crippen LogP contribution in [0, 0.1) is 6.92 Å². The molecule has 8 nitrogen and oxygen atoms in total. The fourth-order valence-electron chi connectivity index (χ4n) is 2.77. The van der Waals surface area contributed by atoms with E-state index in [0.717, 1.165) is 6.42 Å². The topological polar surface area (TPSA) is 114 Å². The van der Waals surface area contributed by atoms with Crippen LogP contribution in [0.4, 0.5) is 11.4 Å². The summed E-state index contributed by atoms with van der Waals surface area (Å²) in [4.78, 5) is 23.8. The lowest BCUT2D eigenvalue weighted by Gasteiger charge is -2.13. The van der Waals surface area contributed by atoms with E-state index in [1.807, 2.05) is 13.8 Å². The number of nitrogens with one attached hydrogen (secondary N) is 3. The van der Waals surface area contributed by atoms with Gasteiger partial charge < -0.3 is 15.4 Å². The van der Waals surface area contributed by atoms with E-state index >= 15 is 0 Å². The Labute approximate surface area is 183 Å². The van der Waals surface area contributed by atoms with E-state index in [-0.39, 0.29) is 29.6 Å². The first-order valence-corrected chi connectivity index (χ1v) is 11.7. The second-order valence-corrected chi connectivity index (χ2v) is 8.59. The minimum atomic E-state index is -3.87. The largest absolute Gasteiger partial charge is 0.494 e. The van der Waals surface area contributed by atoms with Crippen molar-refractivity contribution in [3.05, 3.63) is 48.0 Å². The quantitative estimate of drug-likeness (QED) is 0.488. The number of carbonyl (C=O) groups is 2. The molecule has 0 aliphatic rings. The van der Waals surface area contributed by atoms with E-state index < -0.39 is 10.0 Å². The molecule has 0 bridgehead atoms. The Bertz CT molecular complexity index is 1000.